The van der Waals surface area contributed by atoms with Crippen LogP contribution in [0, 0.1) is 13.8 Å². The van der Waals surface area contributed by atoms with Gasteiger partial charge in [-0.25, -0.2) is 8.42 Å². The fraction of sp³-hybridized carbons (Fsp3) is 0.476. The molecule has 2 heterocycles. The first-order valence-corrected chi connectivity index (χ1v) is 11.0. The second-order valence-corrected chi connectivity index (χ2v) is 9.19. The van der Waals surface area contributed by atoms with Gasteiger partial charge in [-0.05, 0) is 38.3 Å². The van der Waals surface area contributed by atoms with E-state index in [2.05, 4.69) is 0 Å². The van der Waals surface area contributed by atoms with Gasteiger partial charge in [0.25, 0.3) is 10.0 Å². The Morgan fingerprint density at radius 2 is 1.75 bits per heavy atom. The van der Waals surface area contributed by atoms with Crippen molar-refractivity contribution in [3.63, 3.8) is 0 Å². The van der Waals surface area contributed by atoms with Gasteiger partial charge in [0.1, 0.15) is 17.3 Å². The summed E-state index contributed by atoms with van der Waals surface area (Å²) in [4.78, 5) is 12.6. The maximum atomic E-state index is 12.8. The Balaban J connectivity index is 1.74. The fourth-order valence-corrected chi connectivity index (χ4v) is 5.02. The van der Waals surface area contributed by atoms with Gasteiger partial charge in [-0.3, -0.25) is 4.79 Å². The molecule has 1 aliphatic rings. The van der Waals surface area contributed by atoms with Crippen LogP contribution < -0.4 is 4.74 Å². The molecule has 28 heavy (non-hydrogen) atoms. The zero-order valence-electron chi connectivity index (χ0n) is 16.7. The summed E-state index contributed by atoms with van der Waals surface area (Å²) in [5.41, 5.74) is 2.50. The number of hydrogen-bond donors (Lipinski definition) is 0. The Kier molecular flexibility index (Phi) is 6.25. The number of carbonyl (C=O) groups excluding carboxylic acids is 1. The topological polar surface area (TPSA) is 76.8 Å². The first-order chi connectivity index (χ1) is 13.3. The predicted octanol–water partition coefficient (Wildman–Crippen LogP) is 3.43. The van der Waals surface area contributed by atoms with Gasteiger partial charge in [0.15, 0.2) is 0 Å². The molecule has 0 amide bonds. The second kappa shape index (κ2) is 8.49. The smallest absolute Gasteiger partial charge is 0.276 e. The van der Waals surface area contributed by atoms with Crippen molar-refractivity contribution in [2.75, 3.05) is 20.2 Å². The number of Topliss-reactive ketones (excluding diaryl/α,β-unsaturated/α-hetero) is 1. The number of methoxy groups -OCH3 is 1. The summed E-state index contributed by atoms with van der Waals surface area (Å²) >= 11 is 0. The van der Waals surface area contributed by atoms with Gasteiger partial charge in [0.2, 0.25) is 5.09 Å². The number of ether oxygens (including phenoxy) is 1. The standard InChI is InChI=1S/C21H27NO5S/c1-15-7-8-17(20(11-15)26-3)12-19(23)13-18-14-21(27-16(18)2)28(24,25)22-9-5-4-6-10-22/h7-8,11,14H,4-6,9-10,12-13H2,1-3H3. The molecule has 0 aliphatic carbocycles. The summed E-state index contributed by atoms with van der Waals surface area (Å²) < 4.78 is 37.9. The van der Waals surface area contributed by atoms with E-state index in [0.717, 1.165) is 30.4 Å². The molecule has 0 saturated carbocycles. The highest BCUT2D eigenvalue weighted by molar-refractivity contribution is 7.89. The van der Waals surface area contributed by atoms with Crippen molar-refractivity contribution < 1.29 is 22.4 Å². The molecule has 1 aliphatic heterocycles. The molecule has 152 valence electrons. The molecule has 0 bridgehead atoms. The van der Waals surface area contributed by atoms with Crippen LogP contribution in [0.2, 0.25) is 0 Å². The van der Waals surface area contributed by atoms with E-state index in [-0.39, 0.29) is 23.7 Å². The minimum Gasteiger partial charge on any atom is -0.496 e. The van der Waals surface area contributed by atoms with Crippen LogP contribution in [0.5, 0.6) is 5.75 Å². The van der Waals surface area contributed by atoms with Crippen molar-refractivity contribution in [3.05, 3.63) is 46.7 Å². The van der Waals surface area contributed by atoms with Crippen LogP contribution in [0.4, 0.5) is 0 Å². The van der Waals surface area contributed by atoms with Crippen molar-refractivity contribution in [1.29, 1.82) is 0 Å². The molecule has 2 aromatic rings. The first kappa shape index (κ1) is 20.6. The van der Waals surface area contributed by atoms with Crippen LogP contribution in [0.25, 0.3) is 0 Å². The van der Waals surface area contributed by atoms with Crippen LogP contribution in [-0.4, -0.2) is 38.7 Å². The minimum absolute atomic E-state index is 0.0204. The average molecular weight is 406 g/mol. The lowest BCUT2D eigenvalue weighted by Crippen LogP contribution is -2.35. The number of aryl methyl sites for hydroxylation is 2. The highest BCUT2D eigenvalue weighted by atomic mass is 32.2. The molecular weight excluding hydrogens is 378 g/mol. The van der Waals surface area contributed by atoms with E-state index >= 15 is 0 Å². The van der Waals surface area contributed by atoms with Gasteiger partial charge in [-0.1, -0.05) is 18.6 Å². The number of ketones is 1. The van der Waals surface area contributed by atoms with Crippen molar-refractivity contribution in [2.45, 2.75) is 51.0 Å². The largest absolute Gasteiger partial charge is 0.496 e. The number of sulfonamides is 1. The lowest BCUT2D eigenvalue weighted by molar-refractivity contribution is -0.117. The maximum absolute atomic E-state index is 12.8. The van der Waals surface area contributed by atoms with E-state index in [1.54, 1.807) is 14.0 Å². The van der Waals surface area contributed by atoms with E-state index in [4.69, 9.17) is 9.15 Å². The summed E-state index contributed by atoms with van der Waals surface area (Å²) in [6, 6.07) is 7.23. The molecular formula is C21H27NO5S. The number of nitrogens with zero attached hydrogens (tertiary/aromatic N) is 1. The van der Waals surface area contributed by atoms with Gasteiger partial charge in [-0.2, -0.15) is 4.31 Å². The number of piperidine rings is 1. The third-order valence-corrected chi connectivity index (χ3v) is 6.88. The predicted molar refractivity (Wildman–Crippen MR) is 106 cm³/mol. The molecule has 0 unspecified atom stereocenters. The normalized spacial score (nSPS) is 15.5. The molecule has 1 fully saturated rings. The third-order valence-electron chi connectivity index (χ3n) is 5.12. The van der Waals surface area contributed by atoms with Gasteiger partial charge >= 0.3 is 0 Å². The van der Waals surface area contributed by atoms with E-state index in [1.165, 1.54) is 10.4 Å². The molecule has 3 rings (SSSR count). The van der Waals surface area contributed by atoms with E-state index in [0.29, 0.717) is 30.2 Å². The molecule has 0 N–H and O–H groups in total. The van der Waals surface area contributed by atoms with E-state index < -0.39 is 10.0 Å². The van der Waals surface area contributed by atoms with Crippen molar-refractivity contribution in [2.24, 2.45) is 0 Å². The average Bonchev–Trinajstić information content (AvgIpc) is 3.05. The lowest BCUT2D eigenvalue weighted by atomic mass is 10.0. The minimum atomic E-state index is -3.64. The Labute approximate surface area is 166 Å². The molecule has 0 atom stereocenters. The Morgan fingerprint density at radius 3 is 2.43 bits per heavy atom. The van der Waals surface area contributed by atoms with Gasteiger partial charge < -0.3 is 9.15 Å². The summed E-state index contributed by atoms with van der Waals surface area (Å²) in [6.45, 7) is 4.70. The van der Waals surface area contributed by atoms with Crippen molar-refractivity contribution >= 4 is 15.8 Å². The molecule has 1 saturated heterocycles. The number of carbonyl (C=O) groups is 1. The van der Waals surface area contributed by atoms with Crippen LogP contribution >= 0.6 is 0 Å². The molecule has 1 aromatic carbocycles. The summed E-state index contributed by atoms with van der Waals surface area (Å²) in [6.07, 6.45) is 3.13. The number of hydrogen-bond acceptors (Lipinski definition) is 5. The Morgan fingerprint density at radius 1 is 1.07 bits per heavy atom. The molecule has 6 nitrogen and oxygen atoms in total. The molecule has 7 heteroatoms. The third kappa shape index (κ3) is 4.47. The highest BCUT2D eigenvalue weighted by Gasteiger charge is 2.30. The number of rotatable bonds is 7. The van der Waals surface area contributed by atoms with E-state index in [1.807, 2.05) is 25.1 Å². The van der Waals surface area contributed by atoms with Gasteiger partial charge in [0.05, 0.1) is 7.11 Å². The Bertz CT molecular complexity index is 955. The first-order valence-electron chi connectivity index (χ1n) is 9.56. The highest BCUT2D eigenvalue weighted by Crippen LogP contribution is 2.26. The lowest BCUT2D eigenvalue weighted by Gasteiger charge is -2.24. The monoisotopic (exact) mass is 405 g/mol. The summed E-state index contributed by atoms with van der Waals surface area (Å²) in [5.74, 6) is 1.14. The van der Waals surface area contributed by atoms with Gasteiger partial charge in [0, 0.05) is 43.1 Å². The zero-order valence-corrected chi connectivity index (χ0v) is 17.5. The van der Waals surface area contributed by atoms with Crippen LogP contribution in [-0.2, 0) is 27.7 Å². The molecule has 0 spiro atoms. The summed E-state index contributed by atoms with van der Waals surface area (Å²) in [5, 5.41) is -0.0670. The fourth-order valence-electron chi connectivity index (χ4n) is 3.51. The van der Waals surface area contributed by atoms with Gasteiger partial charge in [-0.15, -0.1) is 0 Å². The van der Waals surface area contributed by atoms with E-state index in [9.17, 15) is 13.2 Å². The van der Waals surface area contributed by atoms with Crippen LogP contribution in [0.15, 0.2) is 33.8 Å². The second-order valence-electron chi connectivity index (χ2n) is 7.32. The van der Waals surface area contributed by atoms with Crippen molar-refractivity contribution in [3.8, 4) is 5.75 Å². The quantitative estimate of drug-likeness (QED) is 0.705. The maximum Gasteiger partial charge on any atom is 0.276 e. The number of benzene rings is 1. The zero-order chi connectivity index (χ0) is 20.3. The summed E-state index contributed by atoms with van der Waals surface area (Å²) in [7, 11) is -2.05. The molecule has 0 radical (unpaired) electrons. The molecule has 1 aromatic heterocycles. The van der Waals surface area contributed by atoms with Crippen LogP contribution in [0.3, 0.4) is 0 Å². The SMILES string of the molecule is COc1cc(C)ccc1CC(=O)Cc1cc(S(=O)(=O)N2CCCCC2)oc1C. The van der Waals surface area contributed by atoms with Crippen molar-refractivity contribution in [1.82, 2.24) is 4.31 Å². The van der Waals surface area contributed by atoms with Crippen LogP contribution in [0.1, 0.15) is 41.7 Å². The number of furan rings is 1. The Hall–Kier alpha value is -2.12.